The number of aliphatic hydroxyl groups excluding tert-OH is 3. The molecule has 1 aliphatic heterocycles. The maximum absolute atomic E-state index is 11.1. The molecule has 1 heterocycles. The Balaban J connectivity index is 2.09. The van der Waals surface area contributed by atoms with Crippen molar-refractivity contribution in [1.82, 2.24) is 0 Å². The molecule has 1 saturated heterocycles. The van der Waals surface area contributed by atoms with Gasteiger partial charge in [0.05, 0.1) is 19.6 Å². The van der Waals surface area contributed by atoms with Crippen LogP contribution in [-0.4, -0.2) is 52.8 Å². The van der Waals surface area contributed by atoms with Gasteiger partial charge in [-0.05, 0) is 5.56 Å². The molecular weight excluding hydrogens is 264 g/mol. The van der Waals surface area contributed by atoms with Crippen molar-refractivity contribution in [3.05, 3.63) is 35.9 Å². The maximum Gasteiger partial charge on any atom is 0.308 e. The third kappa shape index (κ3) is 2.99. The van der Waals surface area contributed by atoms with Gasteiger partial charge in [-0.15, -0.1) is 0 Å². The Kier molecular flexibility index (Phi) is 4.72. The second-order valence-corrected chi connectivity index (χ2v) is 4.76. The summed E-state index contributed by atoms with van der Waals surface area (Å²) in [5.74, 6) is -0.606. The van der Waals surface area contributed by atoms with Crippen LogP contribution in [-0.2, 0) is 14.3 Å². The SMILES string of the molecule is COC(=O)C[C@H](O)[C@H]1O[C@@H](c2ccccc2)[C@H](O)[C@H]1O. The zero-order chi connectivity index (χ0) is 14.7. The topological polar surface area (TPSA) is 96.2 Å². The molecule has 2 rings (SSSR count). The van der Waals surface area contributed by atoms with Crippen molar-refractivity contribution >= 4 is 5.97 Å². The molecule has 6 nitrogen and oxygen atoms in total. The van der Waals surface area contributed by atoms with Crippen LogP contribution in [0.2, 0.25) is 0 Å². The van der Waals surface area contributed by atoms with E-state index in [1.807, 2.05) is 6.07 Å². The second-order valence-electron chi connectivity index (χ2n) is 4.76. The molecule has 0 spiro atoms. The number of hydrogen-bond acceptors (Lipinski definition) is 6. The van der Waals surface area contributed by atoms with Gasteiger partial charge in [0.15, 0.2) is 0 Å². The minimum Gasteiger partial charge on any atom is -0.469 e. The van der Waals surface area contributed by atoms with Gasteiger partial charge >= 0.3 is 5.97 Å². The van der Waals surface area contributed by atoms with Gasteiger partial charge in [0.1, 0.15) is 24.4 Å². The molecular formula is C14H18O6. The van der Waals surface area contributed by atoms with Crippen LogP contribution in [0.25, 0.3) is 0 Å². The summed E-state index contributed by atoms with van der Waals surface area (Å²) < 4.78 is 9.98. The van der Waals surface area contributed by atoms with E-state index in [2.05, 4.69) is 4.74 Å². The second kappa shape index (κ2) is 6.32. The lowest BCUT2D eigenvalue weighted by Crippen LogP contribution is -2.39. The Hall–Kier alpha value is -1.47. The molecule has 6 heteroatoms. The Bertz CT molecular complexity index is 448. The highest BCUT2D eigenvalue weighted by Crippen LogP contribution is 2.35. The normalized spacial score (nSPS) is 31.0. The van der Waals surface area contributed by atoms with E-state index in [4.69, 9.17) is 4.74 Å². The van der Waals surface area contributed by atoms with E-state index in [9.17, 15) is 20.1 Å². The van der Waals surface area contributed by atoms with Crippen molar-refractivity contribution < 1.29 is 29.6 Å². The molecule has 0 amide bonds. The Morgan fingerprint density at radius 3 is 2.55 bits per heavy atom. The van der Waals surface area contributed by atoms with E-state index in [0.29, 0.717) is 5.56 Å². The molecule has 1 aliphatic rings. The van der Waals surface area contributed by atoms with Crippen molar-refractivity contribution in [2.24, 2.45) is 0 Å². The number of aliphatic hydroxyl groups is 3. The molecule has 0 saturated carbocycles. The summed E-state index contributed by atoms with van der Waals surface area (Å²) in [5.41, 5.74) is 0.701. The van der Waals surface area contributed by atoms with Crippen molar-refractivity contribution in [2.75, 3.05) is 7.11 Å². The van der Waals surface area contributed by atoms with Gasteiger partial charge in [-0.3, -0.25) is 4.79 Å². The van der Waals surface area contributed by atoms with Crippen LogP contribution in [0, 0.1) is 0 Å². The van der Waals surface area contributed by atoms with Crippen LogP contribution in [0.15, 0.2) is 30.3 Å². The standard InChI is InChI=1S/C14H18O6/c1-19-10(16)7-9(15)14-12(18)11(17)13(20-14)8-5-3-2-4-6-8/h2-6,9,11-15,17-18H,7H2,1H3/t9-,11+,12+,13-,14+/m0/s1. The fraction of sp³-hybridized carbons (Fsp3) is 0.500. The predicted octanol–water partition coefficient (Wildman–Crippen LogP) is -0.228. The summed E-state index contributed by atoms with van der Waals surface area (Å²) in [6.07, 6.45) is -5.72. The third-order valence-corrected chi connectivity index (χ3v) is 3.41. The van der Waals surface area contributed by atoms with Crippen molar-refractivity contribution in [2.45, 2.75) is 36.9 Å². The first-order chi connectivity index (χ1) is 9.54. The highest BCUT2D eigenvalue weighted by atomic mass is 16.6. The van der Waals surface area contributed by atoms with E-state index in [1.165, 1.54) is 7.11 Å². The van der Waals surface area contributed by atoms with Crippen LogP contribution >= 0.6 is 0 Å². The van der Waals surface area contributed by atoms with Crippen molar-refractivity contribution in [1.29, 1.82) is 0 Å². The summed E-state index contributed by atoms with van der Waals surface area (Å²) >= 11 is 0. The molecule has 5 atom stereocenters. The highest BCUT2D eigenvalue weighted by Gasteiger charge is 2.46. The Morgan fingerprint density at radius 2 is 1.95 bits per heavy atom. The largest absolute Gasteiger partial charge is 0.469 e. The van der Waals surface area contributed by atoms with E-state index < -0.39 is 36.5 Å². The van der Waals surface area contributed by atoms with E-state index in [0.717, 1.165) is 0 Å². The number of carbonyl (C=O) groups excluding carboxylic acids is 1. The fourth-order valence-electron chi connectivity index (χ4n) is 2.31. The van der Waals surface area contributed by atoms with Crippen LogP contribution in [0.4, 0.5) is 0 Å². The molecule has 110 valence electrons. The first-order valence-corrected chi connectivity index (χ1v) is 6.36. The number of methoxy groups -OCH3 is 1. The van der Waals surface area contributed by atoms with Crippen LogP contribution in [0.3, 0.4) is 0 Å². The Labute approximate surface area is 116 Å². The highest BCUT2D eigenvalue weighted by molar-refractivity contribution is 5.69. The number of hydrogen-bond donors (Lipinski definition) is 3. The molecule has 3 N–H and O–H groups in total. The van der Waals surface area contributed by atoms with E-state index in [-0.39, 0.29) is 6.42 Å². The number of rotatable bonds is 4. The molecule has 1 fully saturated rings. The van der Waals surface area contributed by atoms with Gasteiger partial charge in [0.2, 0.25) is 0 Å². The molecule has 0 radical (unpaired) electrons. The average Bonchev–Trinajstić information content (AvgIpc) is 2.76. The molecule has 0 aromatic heterocycles. The van der Waals surface area contributed by atoms with Crippen LogP contribution < -0.4 is 0 Å². The zero-order valence-corrected chi connectivity index (χ0v) is 11.0. The molecule has 1 aromatic rings. The van der Waals surface area contributed by atoms with Gasteiger partial charge in [-0.1, -0.05) is 30.3 Å². The average molecular weight is 282 g/mol. The van der Waals surface area contributed by atoms with Gasteiger partial charge < -0.3 is 24.8 Å². The summed E-state index contributed by atoms with van der Waals surface area (Å²) in [7, 11) is 1.21. The minimum absolute atomic E-state index is 0.299. The summed E-state index contributed by atoms with van der Waals surface area (Å²) in [4.78, 5) is 11.1. The maximum atomic E-state index is 11.1. The summed E-state index contributed by atoms with van der Waals surface area (Å²) in [5, 5.41) is 29.9. The van der Waals surface area contributed by atoms with Crippen molar-refractivity contribution in [3.8, 4) is 0 Å². The number of benzene rings is 1. The number of ether oxygens (including phenoxy) is 2. The molecule has 0 bridgehead atoms. The molecule has 1 aromatic carbocycles. The lowest BCUT2D eigenvalue weighted by atomic mass is 9.99. The van der Waals surface area contributed by atoms with Crippen LogP contribution in [0.1, 0.15) is 18.1 Å². The Morgan fingerprint density at radius 1 is 1.30 bits per heavy atom. The fourth-order valence-corrected chi connectivity index (χ4v) is 2.31. The zero-order valence-electron chi connectivity index (χ0n) is 11.0. The molecule has 20 heavy (non-hydrogen) atoms. The van der Waals surface area contributed by atoms with Gasteiger partial charge in [0, 0.05) is 0 Å². The first-order valence-electron chi connectivity index (χ1n) is 6.36. The number of esters is 1. The quantitative estimate of drug-likeness (QED) is 0.660. The van der Waals surface area contributed by atoms with Gasteiger partial charge in [-0.2, -0.15) is 0 Å². The predicted molar refractivity (Wildman–Crippen MR) is 68.7 cm³/mol. The van der Waals surface area contributed by atoms with Crippen molar-refractivity contribution in [3.63, 3.8) is 0 Å². The number of carbonyl (C=O) groups is 1. The third-order valence-electron chi connectivity index (χ3n) is 3.41. The van der Waals surface area contributed by atoms with E-state index >= 15 is 0 Å². The van der Waals surface area contributed by atoms with Gasteiger partial charge in [0.25, 0.3) is 0 Å². The van der Waals surface area contributed by atoms with E-state index in [1.54, 1.807) is 24.3 Å². The minimum atomic E-state index is -1.26. The lowest BCUT2D eigenvalue weighted by molar-refractivity contribution is -0.146. The monoisotopic (exact) mass is 282 g/mol. The summed E-state index contributed by atoms with van der Waals surface area (Å²) in [6.45, 7) is 0. The summed E-state index contributed by atoms with van der Waals surface area (Å²) in [6, 6.07) is 8.92. The first kappa shape index (κ1) is 14.9. The van der Waals surface area contributed by atoms with Gasteiger partial charge in [-0.25, -0.2) is 0 Å². The molecule has 0 unspecified atom stereocenters. The van der Waals surface area contributed by atoms with Crippen LogP contribution in [0.5, 0.6) is 0 Å². The molecule has 0 aliphatic carbocycles. The lowest BCUT2D eigenvalue weighted by Gasteiger charge is -2.20. The smallest absolute Gasteiger partial charge is 0.308 e.